The molecule has 1 aromatic heterocycles. The third-order valence-corrected chi connectivity index (χ3v) is 7.67. The van der Waals surface area contributed by atoms with Crippen LogP contribution >= 0.6 is 22.9 Å². The fourth-order valence-corrected chi connectivity index (χ4v) is 5.39. The van der Waals surface area contributed by atoms with Crippen LogP contribution in [0, 0.1) is 5.92 Å². The van der Waals surface area contributed by atoms with Crippen molar-refractivity contribution in [2.75, 3.05) is 49.2 Å². The van der Waals surface area contributed by atoms with E-state index in [9.17, 15) is 29.1 Å². The fourth-order valence-electron chi connectivity index (χ4n) is 4.40. The lowest BCUT2D eigenvalue weighted by molar-refractivity contribution is -0.141. The Morgan fingerprint density at radius 3 is 2.38 bits per heavy atom. The van der Waals surface area contributed by atoms with Gasteiger partial charge in [0, 0.05) is 17.9 Å². The first-order chi connectivity index (χ1) is 19.0. The molecule has 214 valence electrons. The number of hydrogen-bond acceptors (Lipinski definition) is 9. The number of thiophene rings is 1. The van der Waals surface area contributed by atoms with E-state index >= 15 is 0 Å². The van der Waals surface area contributed by atoms with E-state index in [-0.39, 0.29) is 36.4 Å². The van der Waals surface area contributed by atoms with Crippen LogP contribution in [0.4, 0.5) is 16.2 Å². The van der Waals surface area contributed by atoms with Crippen LogP contribution in [0.3, 0.4) is 0 Å². The third-order valence-electron chi connectivity index (χ3n) is 6.46. The number of ether oxygens (including phenoxy) is 2. The number of anilines is 2. The number of morpholine rings is 1. The first kappa shape index (κ1) is 29.5. The molecule has 2 N–H and O–H groups in total. The Morgan fingerprint density at radius 2 is 1.80 bits per heavy atom. The molecule has 4 rings (SSSR count). The zero-order valence-corrected chi connectivity index (χ0v) is 23.4. The number of cyclic esters (lactones) is 1. The van der Waals surface area contributed by atoms with Crippen molar-refractivity contribution in [2.24, 2.45) is 5.92 Å². The summed E-state index contributed by atoms with van der Waals surface area (Å²) in [6.07, 6.45) is -1.49. The number of nitrogens with one attached hydrogen (secondary N) is 1. The van der Waals surface area contributed by atoms with Gasteiger partial charge in [0.15, 0.2) is 0 Å². The Bertz CT molecular complexity index is 1280. The van der Waals surface area contributed by atoms with E-state index in [0.29, 0.717) is 28.9 Å². The van der Waals surface area contributed by atoms with Gasteiger partial charge in [-0.1, -0.05) is 25.4 Å². The van der Waals surface area contributed by atoms with E-state index in [2.05, 4.69) is 5.32 Å². The Hall–Kier alpha value is -3.52. The molecule has 40 heavy (non-hydrogen) atoms. The molecule has 2 fully saturated rings. The highest BCUT2D eigenvalue weighted by Gasteiger charge is 2.37. The second kappa shape index (κ2) is 12.8. The van der Waals surface area contributed by atoms with Crippen LogP contribution in [-0.2, 0) is 23.9 Å². The molecule has 2 aliphatic rings. The number of carbonyl (C=O) groups is 5. The summed E-state index contributed by atoms with van der Waals surface area (Å²) in [5.41, 5.74) is 1.20. The van der Waals surface area contributed by atoms with Gasteiger partial charge in [-0.05, 0) is 42.3 Å². The number of nitrogens with zero attached hydrogens (tertiary/aromatic N) is 3. The minimum Gasteiger partial charge on any atom is -0.480 e. The predicted octanol–water partition coefficient (Wildman–Crippen LogP) is 2.46. The van der Waals surface area contributed by atoms with Gasteiger partial charge in [0.2, 0.25) is 5.91 Å². The van der Waals surface area contributed by atoms with Crippen molar-refractivity contribution in [3.8, 4) is 0 Å². The van der Waals surface area contributed by atoms with Gasteiger partial charge in [0.05, 0.1) is 35.5 Å². The summed E-state index contributed by atoms with van der Waals surface area (Å²) >= 11 is 6.99. The Morgan fingerprint density at radius 1 is 1.12 bits per heavy atom. The van der Waals surface area contributed by atoms with Gasteiger partial charge in [0.1, 0.15) is 18.8 Å². The van der Waals surface area contributed by atoms with E-state index in [1.54, 1.807) is 43.0 Å². The quantitative estimate of drug-likeness (QED) is 0.425. The number of aliphatic carboxylic acids is 1. The maximum absolute atomic E-state index is 13.3. The number of amides is 4. The average molecular weight is 593 g/mol. The number of hydrogen-bond donors (Lipinski definition) is 2. The minimum atomic E-state index is -1.12. The summed E-state index contributed by atoms with van der Waals surface area (Å²) < 4.78 is 11.0. The second-order valence-corrected chi connectivity index (χ2v) is 11.3. The highest BCUT2D eigenvalue weighted by Crippen LogP contribution is 2.27. The van der Waals surface area contributed by atoms with E-state index in [0.717, 1.165) is 16.2 Å². The van der Waals surface area contributed by atoms with Crippen LogP contribution in [0.15, 0.2) is 36.4 Å². The number of rotatable bonds is 10. The molecular weight excluding hydrogens is 564 g/mol. The zero-order chi connectivity index (χ0) is 29.0. The molecule has 0 radical (unpaired) electrons. The molecule has 3 heterocycles. The smallest absolute Gasteiger partial charge is 0.414 e. The molecular formula is C26H29ClN4O8S. The first-order valence-electron chi connectivity index (χ1n) is 12.6. The number of benzene rings is 1. The molecule has 12 nitrogen and oxygen atoms in total. The highest BCUT2D eigenvalue weighted by molar-refractivity contribution is 7.18. The van der Waals surface area contributed by atoms with Crippen molar-refractivity contribution < 1.29 is 38.6 Å². The molecule has 0 bridgehead atoms. The normalized spacial score (nSPS) is 18.1. The van der Waals surface area contributed by atoms with Crippen molar-refractivity contribution in [3.05, 3.63) is 45.6 Å². The largest absolute Gasteiger partial charge is 0.480 e. The SMILES string of the molecule is CC(C)[C@@H](NCC(=O)N(C[C@H]1CN(c2ccc(N3CCOCC3=O)cc2)C(=O)O1)C(=O)c1ccc(Cl)s1)C(=O)O. The average Bonchev–Trinajstić information content (AvgIpc) is 3.52. The molecule has 2 aromatic rings. The van der Waals surface area contributed by atoms with E-state index in [4.69, 9.17) is 21.1 Å². The zero-order valence-electron chi connectivity index (χ0n) is 21.9. The number of carboxylic acids is 1. The maximum atomic E-state index is 13.3. The lowest BCUT2D eigenvalue weighted by atomic mass is 10.1. The third kappa shape index (κ3) is 6.78. The summed E-state index contributed by atoms with van der Waals surface area (Å²) in [7, 11) is 0. The molecule has 2 aliphatic heterocycles. The molecule has 0 aliphatic carbocycles. The van der Waals surface area contributed by atoms with Crippen LogP contribution in [0.25, 0.3) is 0 Å². The van der Waals surface area contributed by atoms with Crippen LogP contribution in [0.5, 0.6) is 0 Å². The van der Waals surface area contributed by atoms with Crippen molar-refractivity contribution in [2.45, 2.75) is 26.0 Å². The molecule has 0 spiro atoms. The Kier molecular flexibility index (Phi) is 9.40. The van der Waals surface area contributed by atoms with Crippen molar-refractivity contribution in [1.29, 1.82) is 0 Å². The second-order valence-electron chi connectivity index (χ2n) is 9.58. The Balaban J connectivity index is 1.46. The molecule has 14 heteroatoms. The van der Waals surface area contributed by atoms with Crippen LogP contribution < -0.4 is 15.1 Å². The molecule has 1 aromatic carbocycles. The van der Waals surface area contributed by atoms with Crippen molar-refractivity contribution >= 4 is 64.1 Å². The topological polar surface area (TPSA) is 146 Å². The van der Waals surface area contributed by atoms with E-state index in [1.165, 1.54) is 17.0 Å². The monoisotopic (exact) mass is 592 g/mol. The summed E-state index contributed by atoms with van der Waals surface area (Å²) in [6, 6.07) is 8.84. The number of halogens is 1. The molecule has 0 saturated carbocycles. The Labute approximate surface area is 239 Å². The minimum absolute atomic E-state index is 0.0114. The summed E-state index contributed by atoms with van der Waals surface area (Å²) in [5, 5.41) is 12.1. The molecule has 2 saturated heterocycles. The number of imide groups is 1. The lowest BCUT2D eigenvalue weighted by Gasteiger charge is -2.27. The molecule has 2 atom stereocenters. The highest BCUT2D eigenvalue weighted by atomic mass is 35.5. The standard InChI is InChI=1S/C26H29ClN4O8S/c1-15(2)23(25(35)36)28-11-21(32)31(24(34)19-7-8-20(27)40-19)13-18-12-30(26(37)39-18)17-5-3-16(4-6-17)29-9-10-38-14-22(29)33/h3-8,15,18,23,28H,9-14H2,1-2H3,(H,35,36)/t18-,23-/m1/s1. The van der Waals surface area contributed by atoms with Crippen molar-refractivity contribution in [1.82, 2.24) is 10.2 Å². The predicted molar refractivity (Wildman–Crippen MR) is 147 cm³/mol. The summed E-state index contributed by atoms with van der Waals surface area (Å²) in [6.45, 7) is 3.69. The number of carboxylic acid groups (broad SMARTS) is 1. The molecule has 4 amide bonds. The van der Waals surface area contributed by atoms with Gasteiger partial charge >= 0.3 is 12.1 Å². The van der Waals surface area contributed by atoms with Gasteiger partial charge in [-0.3, -0.25) is 34.3 Å². The lowest BCUT2D eigenvalue weighted by Crippen LogP contribution is -2.50. The van der Waals surface area contributed by atoms with Crippen LogP contribution in [0.1, 0.15) is 23.5 Å². The first-order valence-corrected chi connectivity index (χ1v) is 13.8. The van der Waals surface area contributed by atoms with Gasteiger partial charge < -0.3 is 19.5 Å². The summed E-state index contributed by atoms with van der Waals surface area (Å²) in [4.78, 5) is 67.0. The van der Waals surface area contributed by atoms with Gasteiger partial charge in [0.25, 0.3) is 11.8 Å². The van der Waals surface area contributed by atoms with E-state index < -0.39 is 42.6 Å². The van der Waals surface area contributed by atoms with Crippen LogP contribution in [0.2, 0.25) is 4.34 Å². The maximum Gasteiger partial charge on any atom is 0.414 e. The van der Waals surface area contributed by atoms with Crippen molar-refractivity contribution in [3.63, 3.8) is 0 Å². The van der Waals surface area contributed by atoms with E-state index in [1.807, 2.05) is 0 Å². The van der Waals surface area contributed by atoms with Gasteiger partial charge in [-0.25, -0.2) is 4.79 Å². The van der Waals surface area contributed by atoms with Gasteiger partial charge in [-0.15, -0.1) is 11.3 Å². The van der Waals surface area contributed by atoms with Crippen LogP contribution in [-0.4, -0.2) is 91.3 Å². The molecule has 0 unspecified atom stereocenters. The summed E-state index contributed by atoms with van der Waals surface area (Å²) in [5.74, 6) is -2.87. The fraction of sp³-hybridized carbons (Fsp3) is 0.423. The van der Waals surface area contributed by atoms with Gasteiger partial charge in [-0.2, -0.15) is 0 Å². The number of carbonyl (C=O) groups excluding carboxylic acids is 4.